The van der Waals surface area contributed by atoms with Crippen molar-refractivity contribution in [1.82, 2.24) is 24.8 Å². The minimum absolute atomic E-state index is 0.0170. The number of rotatable bonds is 7. The van der Waals surface area contributed by atoms with Crippen molar-refractivity contribution in [1.29, 1.82) is 5.26 Å². The van der Waals surface area contributed by atoms with E-state index < -0.39 is 12.3 Å². The molecule has 11 nitrogen and oxygen atoms in total. The van der Waals surface area contributed by atoms with Gasteiger partial charge in [0.2, 0.25) is 11.9 Å². The summed E-state index contributed by atoms with van der Waals surface area (Å²) in [6.45, 7) is 7.58. The van der Waals surface area contributed by atoms with E-state index in [1.807, 2.05) is 12.1 Å². The number of piperazine rings is 1. The number of carbonyl (C=O) groups excluding carboxylic acids is 1. The van der Waals surface area contributed by atoms with Gasteiger partial charge in [-0.2, -0.15) is 10.2 Å². The lowest BCUT2D eigenvalue weighted by Gasteiger charge is -2.43. The van der Waals surface area contributed by atoms with E-state index in [9.17, 15) is 14.4 Å². The first kappa shape index (κ1) is 27.8. The molecule has 0 aliphatic carbocycles. The molecule has 1 aromatic heterocycles. The van der Waals surface area contributed by atoms with E-state index in [4.69, 9.17) is 9.47 Å². The SMILES string of the molecule is CC(=O)N1CC[C@H](Oc2ccc(-c3ncnc(Nc4ccc(N5CCN(C6COC6)CC5)cc4)n3)cc2C#N)[C@@H](F)C1. The number of likely N-dealkylation sites (tertiary alicyclic amines) is 1. The Morgan fingerprint density at radius 1 is 1.10 bits per heavy atom. The Bertz CT molecular complexity index is 1450. The molecule has 12 heteroatoms. The summed E-state index contributed by atoms with van der Waals surface area (Å²) in [4.78, 5) is 31.0. The molecule has 2 atom stereocenters. The molecule has 3 fully saturated rings. The first-order valence-corrected chi connectivity index (χ1v) is 14.2. The van der Waals surface area contributed by atoms with E-state index in [-0.39, 0.29) is 23.8 Å². The Balaban J connectivity index is 1.08. The molecule has 1 N–H and O–H groups in total. The van der Waals surface area contributed by atoms with Crippen LogP contribution in [0.15, 0.2) is 48.8 Å². The molecule has 0 spiro atoms. The van der Waals surface area contributed by atoms with E-state index in [2.05, 4.69) is 48.3 Å². The lowest BCUT2D eigenvalue weighted by atomic mass is 10.0. The first-order valence-electron chi connectivity index (χ1n) is 14.2. The van der Waals surface area contributed by atoms with Crippen LogP contribution < -0.4 is 15.0 Å². The van der Waals surface area contributed by atoms with Crippen molar-refractivity contribution in [3.8, 4) is 23.2 Å². The predicted molar refractivity (Wildman–Crippen MR) is 154 cm³/mol. The van der Waals surface area contributed by atoms with Gasteiger partial charge in [-0.15, -0.1) is 0 Å². The molecule has 3 aromatic rings. The van der Waals surface area contributed by atoms with Gasteiger partial charge in [0.15, 0.2) is 12.0 Å². The summed E-state index contributed by atoms with van der Waals surface area (Å²) < 4.78 is 25.9. The predicted octanol–water partition coefficient (Wildman–Crippen LogP) is 3.01. The average molecular weight is 573 g/mol. The van der Waals surface area contributed by atoms with Crippen molar-refractivity contribution in [2.24, 2.45) is 0 Å². The average Bonchev–Trinajstić information content (AvgIpc) is 2.98. The highest BCUT2D eigenvalue weighted by molar-refractivity contribution is 5.73. The molecule has 3 aliphatic rings. The summed E-state index contributed by atoms with van der Waals surface area (Å²) in [6, 6.07) is 15.9. The van der Waals surface area contributed by atoms with Crippen molar-refractivity contribution in [3.05, 3.63) is 54.4 Å². The fourth-order valence-electron chi connectivity index (χ4n) is 5.48. The maximum Gasteiger partial charge on any atom is 0.230 e. The zero-order valence-electron chi connectivity index (χ0n) is 23.4. The maximum atomic E-state index is 14.7. The molecule has 0 saturated carbocycles. The Morgan fingerprint density at radius 3 is 2.55 bits per heavy atom. The van der Waals surface area contributed by atoms with Crippen LogP contribution in [0.4, 0.5) is 21.7 Å². The van der Waals surface area contributed by atoms with Gasteiger partial charge < -0.3 is 24.6 Å². The van der Waals surface area contributed by atoms with Crippen LogP contribution in [0.25, 0.3) is 11.4 Å². The largest absolute Gasteiger partial charge is 0.486 e. The topological polar surface area (TPSA) is 120 Å². The van der Waals surface area contributed by atoms with Crippen LogP contribution in [-0.2, 0) is 9.53 Å². The number of amides is 1. The molecule has 42 heavy (non-hydrogen) atoms. The van der Waals surface area contributed by atoms with Crippen molar-refractivity contribution >= 4 is 23.2 Å². The van der Waals surface area contributed by atoms with E-state index in [1.165, 1.54) is 23.8 Å². The van der Waals surface area contributed by atoms with Crippen molar-refractivity contribution in [2.75, 3.05) is 62.7 Å². The molecule has 6 rings (SSSR count). The number of carbonyl (C=O) groups is 1. The lowest BCUT2D eigenvalue weighted by molar-refractivity contribution is -0.132. The second kappa shape index (κ2) is 12.3. The van der Waals surface area contributed by atoms with Crippen LogP contribution in [0.5, 0.6) is 5.75 Å². The number of halogens is 1. The van der Waals surface area contributed by atoms with E-state index in [0.717, 1.165) is 45.1 Å². The van der Waals surface area contributed by atoms with E-state index in [0.29, 0.717) is 36.3 Å². The number of hydrogen-bond donors (Lipinski definition) is 1. The Hall–Kier alpha value is -4.34. The number of nitrogens with one attached hydrogen (secondary N) is 1. The molecule has 4 heterocycles. The third-order valence-electron chi connectivity index (χ3n) is 8.08. The van der Waals surface area contributed by atoms with E-state index >= 15 is 0 Å². The minimum atomic E-state index is -1.34. The molecule has 0 radical (unpaired) electrons. The molecule has 2 aromatic carbocycles. The van der Waals surface area contributed by atoms with Crippen LogP contribution in [0.1, 0.15) is 18.9 Å². The highest BCUT2D eigenvalue weighted by Crippen LogP contribution is 2.29. The summed E-state index contributed by atoms with van der Waals surface area (Å²) in [5, 5.41) is 13.0. The quantitative estimate of drug-likeness (QED) is 0.452. The molecule has 0 unspecified atom stereocenters. The van der Waals surface area contributed by atoms with Crippen molar-refractivity contribution < 1.29 is 18.7 Å². The van der Waals surface area contributed by atoms with Gasteiger partial charge in [0.25, 0.3) is 0 Å². The third-order valence-corrected chi connectivity index (χ3v) is 8.08. The van der Waals surface area contributed by atoms with Crippen LogP contribution >= 0.6 is 0 Å². The zero-order chi connectivity index (χ0) is 29.1. The molecule has 3 saturated heterocycles. The zero-order valence-corrected chi connectivity index (χ0v) is 23.4. The highest BCUT2D eigenvalue weighted by Gasteiger charge is 2.32. The normalized spacial score (nSPS) is 21.4. The Kier molecular flexibility index (Phi) is 8.12. The first-order chi connectivity index (χ1) is 20.5. The smallest absolute Gasteiger partial charge is 0.230 e. The summed E-state index contributed by atoms with van der Waals surface area (Å²) >= 11 is 0. The summed E-state index contributed by atoms with van der Waals surface area (Å²) in [5.41, 5.74) is 2.88. The molecule has 0 bridgehead atoms. The van der Waals surface area contributed by atoms with Gasteiger partial charge >= 0.3 is 0 Å². The van der Waals surface area contributed by atoms with Gasteiger partial charge in [0, 0.05) is 63.0 Å². The maximum absolute atomic E-state index is 14.7. The summed E-state index contributed by atoms with van der Waals surface area (Å²) in [5.74, 6) is 0.891. The van der Waals surface area contributed by atoms with Gasteiger partial charge in [-0.3, -0.25) is 9.69 Å². The monoisotopic (exact) mass is 572 g/mol. The van der Waals surface area contributed by atoms with Gasteiger partial charge in [-0.1, -0.05) is 0 Å². The number of piperidine rings is 1. The number of nitriles is 1. The van der Waals surface area contributed by atoms with Gasteiger partial charge in [-0.25, -0.2) is 14.4 Å². The molecule has 1 amide bonds. The number of alkyl halides is 1. The third kappa shape index (κ3) is 6.12. The standard InChI is InChI=1S/C30H33FN8O3/c1-20(40)39-9-8-28(26(31)16-39)42-27-7-2-21(14-22(27)15-32)29-33-19-34-30(36-29)35-23-3-5-24(6-4-23)37-10-12-38(13-11-37)25-17-41-18-25/h2-7,14,19,25-26,28H,8-13,16-18H2,1H3,(H,33,34,35,36)/t26-,28-/m0/s1. The summed E-state index contributed by atoms with van der Waals surface area (Å²) in [6.07, 6.45) is -0.301. The second-order valence-corrected chi connectivity index (χ2v) is 10.8. The van der Waals surface area contributed by atoms with Crippen molar-refractivity contribution in [3.63, 3.8) is 0 Å². The molecular formula is C30H33FN8O3. The Labute approximate surface area is 243 Å². The van der Waals surface area contributed by atoms with Gasteiger partial charge in [-0.05, 0) is 42.5 Å². The van der Waals surface area contributed by atoms with Crippen LogP contribution in [0, 0.1) is 11.3 Å². The number of nitrogens with zero attached hydrogens (tertiary/aromatic N) is 7. The van der Waals surface area contributed by atoms with Crippen LogP contribution in [0.3, 0.4) is 0 Å². The molecule has 218 valence electrons. The lowest BCUT2D eigenvalue weighted by Crippen LogP contribution is -2.56. The fraction of sp³-hybridized carbons (Fsp3) is 0.433. The summed E-state index contributed by atoms with van der Waals surface area (Å²) in [7, 11) is 0. The molecule has 3 aliphatic heterocycles. The number of anilines is 3. The van der Waals surface area contributed by atoms with Crippen LogP contribution in [-0.4, -0.2) is 101 Å². The number of aromatic nitrogens is 3. The second-order valence-electron chi connectivity index (χ2n) is 10.8. The van der Waals surface area contributed by atoms with Gasteiger partial charge in [0.05, 0.1) is 31.4 Å². The van der Waals surface area contributed by atoms with Crippen LogP contribution in [0.2, 0.25) is 0 Å². The van der Waals surface area contributed by atoms with E-state index in [1.54, 1.807) is 18.2 Å². The highest BCUT2D eigenvalue weighted by atomic mass is 19.1. The number of ether oxygens (including phenoxy) is 2. The van der Waals surface area contributed by atoms with Gasteiger partial charge in [0.1, 0.15) is 24.3 Å². The fourth-order valence-corrected chi connectivity index (χ4v) is 5.48. The minimum Gasteiger partial charge on any atom is -0.486 e. The Morgan fingerprint density at radius 2 is 1.88 bits per heavy atom. The number of hydrogen-bond acceptors (Lipinski definition) is 10. The van der Waals surface area contributed by atoms with Crippen molar-refractivity contribution in [2.45, 2.75) is 31.7 Å². The number of benzene rings is 2. The molecular weight excluding hydrogens is 539 g/mol.